The van der Waals surface area contributed by atoms with Gasteiger partial charge in [-0.15, -0.1) is 0 Å². The molecule has 0 saturated carbocycles. The first-order chi connectivity index (χ1) is 12.4. The molecule has 0 spiro atoms. The van der Waals surface area contributed by atoms with Crippen LogP contribution in [0.15, 0.2) is 0 Å². The number of aliphatic hydroxyl groups excluding tert-OH is 1. The lowest BCUT2D eigenvalue weighted by molar-refractivity contribution is -0.155. The predicted molar refractivity (Wildman–Crippen MR) is 100 cm³/mol. The smallest absolute Gasteiger partial charge is 0.328 e. The van der Waals surface area contributed by atoms with Gasteiger partial charge in [0.25, 0.3) is 0 Å². The van der Waals surface area contributed by atoms with Gasteiger partial charge in [-0.05, 0) is 31.6 Å². The average molecular weight is 372 g/mol. The van der Waals surface area contributed by atoms with Crippen molar-refractivity contribution in [3.05, 3.63) is 0 Å². The van der Waals surface area contributed by atoms with Gasteiger partial charge in [-0.1, -0.05) is 46.5 Å². The van der Waals surface area contributed by atoms with Crippen LogP contribution in [0.5, 0.6) is 0 Å². The Balaban J connectivity index is 2.48. The zero-order valence-corrected chi connectivity index (χ0v) is 16.8. The van der Waals surface area contributed by atoms with Crippen LogP contribution < -0.4 is 5.32 Å². The third-order valence-electron chi connectivity index (χ3n) is 4.93. The Morgan fingerprint density at radius 1 is 1.31 bits per heavy atom. The predicted octanol–water partition coefficient (Wildman–Crippen LogP) is 3.16. The monoisotopic (exact) mass is 371 g/mol. The highest BCUT2D eigenvalue weighted by Gasteiger charge is 2.35. The fourth-order valence-electron chi connectivity index (χ4n) is 3.61. The van der Waals surface area contributed by atoms with Crippen molar-refractivity contribution in [1.82, 2.24) is 5.32 Å². The van der Waals surface area contributed by atoms with Crippen molar-refractivity contribution < 1.29 is 24.2 Å². The number of rotatable bonds is 13. The van der Waals surface area contributed by atoms with E-state index in [0.717, 1.165) is 12.8 Å². The molecule has 1 aliphatic rings. The summed E-state index contributed by atoms with van der Waals surface area (Å²) < 4.78 is 11.2. The van der Waals surface area contributed by atoms with E-state index in [1.165, 1.54) is 19.3 Å². The van der Waals surface area contributed by atoms with Crippen molar-refractivity contribution in [3.63, 3.8) is 0 Å². The van der Waals surface area contributed by atoms with E-state index >= 15 is 0 Å². The molecule has 6 heteroatoms. The molecular weight excluding hydrogens is 334 g/mol. The number of carbonyl (C=O) groups is 2. The highest BCUT2D eigenvalue weighted by Crippen LogP contribution is 2.33. The maximum absolute atomic E-state index is 12.3. The molecule has 0 aliphatic carbocycles. The number of nitrogens with one attached hydrogen (secondary N) is 1. The van der Waals surface area contributed by atoms with E-state index in [2.05, 4.69) is 12.2 Å². The zero-order valence-electron chi connectivity index (χ0n) is 16.8. The first kappa shape index (κ1) is 22.9. The lowest BCUT2D eigenvalue weighted by atomic mass is 9.91. The molecule has 1 fully saturated rings. The summed E-state index contributed by atoms with van der Waals surface area (Å²) in [6.45, 7) is 8.01. The third-order valence-corrected chi connectivity index (χ3v) is 4.93. The normalized spacial score (nSPS) is 25.1. The van der Waals surface area contributed by atoms with Gasteiger partial charge in [0.15, 0.2) is 6.29 Å². The van der Waals surface area contributed by atoms with Gasteiger partial charge in [0, 0.05) is 12.8 Å². The molecule has 0 radical (unpaired) electrons. The molecule has 2 unspecified atom stereocenters. The van der Waals surface area contributed by atoms with E-state index in [1.807, 2.05) is 20.8 Å². The molecule has 152 valence electrons. The van der Waals surface area contributed by atoms with Crippen LogP contribution in [0.3, 0.4) is 0 Å². The van der Waals surface area contributed by atoms with Crippen LogP contribution in [-0.2, 0) is 19.1 Å². The lowest BCUT2D eigenvalue weighted by Gasteiger charge is -2.24. The second kappa shape index (κ2) is 12.3. The number of amides is 1. The molecular formula is C20H37NO5. The van der Waals surface area contributed by atoms with Crippen LogP contribution in [-0.4, -0.2) is 42.0 Å². The lowest BCUT2D eigenvalue weighted by Crippen LogP contribution is -2.40. The molecule has 26 heavy (non-hydrogen) atoms. The van der Waals surface area contributed by atoms with E-state index < -0.39 is 18.3 Å². The van der Waals surface area contributed by atoms with Gasteiger partial charge in [0.1, 0.15) is 12.1 Å². The van der Waals surface area contributed by atoms with Crippen molar-refractivity contribution in [3.8, 4) is 0 Å². The van der Waals surface area contributed by atoms with Gasteiger partial charge in [0.2, 0.25) is 6.41 Å². The second-order valence-corrected chi connectivity index (χ2v) is 7.92. The number of hydrogen-bond donors (Lipinski definition) is 2. The van der Waals surface area contributed by atoms with E-state index in [9.17, 15) is 14.7 Å². The summed E-state index contributed by atoms with van der Waals surface area (Å²) >= 11 is 0. The van der Waals surface area contributed by atoms with Crippen LogP contribution in [0.4, 0.5) is 0 Å². The van der Waals surface area contributed by atoms with E-state index in [0.29, 0.717) is 31.6 Å². The topological polar surface area (TPSA) is 84.9 Å². The standard InChI is InChI=1S/C20H37NO5/c1-5-6-7-8-9-16-12-19(23)26-18(16)11-15(4)25-20(24)17(21-13-22)10-14(2)3/h13-19,23H,5-12H2,1-4H3,(H,21,22)/t15-,16+,17?,18?,19+/m0/s1. The highest BCUT2D eigenvalue weighted by atomic mass is 16.6. The minimum absolute atomic E-state index is 0.0861. The SMILES string of the molecule is CCCCCC[C@@H]1C[C@H](O)OC1C[C@H](C)OC(=O)C(CC(C)C)NC=O. The van der Waals surface area contributed by atoms with E-state index in [-0.39, 0.29) is 18.1 Å². The Morgan fingerprint density at radius 2 is 2.04 bits per heavy atom. The summed E-state index contributed by atoms with van der Waals surface area (Å²) in [5.74, 6) is 0.176. The Kier molecular flexibility index (Phi) is 10.8. The van der Waals surface area contributed by atoms with Gasteiger partial charge < -0.3 is 19.9 Å². The number of hydrogen-bond acceptors (Lipinski definition) is 5. The van der Waals surface area contributed by atoms with Crippen LogP contribution in [0.25, 0.3) is 0 Å². The molecule has 1 saturated heterocycles. The van der Waals surface area contributed by atoms with E-state index in [1.54, 1.807) is 0 Å². The first-order valence-corrected chi connectivity index (χ1v) is 10.1. The van der Waals surface area contributed by atoms with Gasteiger partial charge in [-0.2, -0.15) is 0 Å². The molecule has 0 aromatic carbocycles. The average Bonchev–Trinajstić information content (AvgIpc) is 2.90. The Hall–Kier alpha value is -1.14. The van der Waals surface area contributed by atoms with Gasteiger partial charge in [-0.3, -0.25) is 4.79 Å². The molecule has 6 nitrogen and oxygen atoms in total. The fraction of sp³-hybridized carbons (Fsp3) is 0.900. The molecule has 1 rings (SSSR count). The summed E-state index contributed by atoms with van der Waals surface area (Å²) in [5.41, 5.74) is 0. The number of esters is 1. The maximum atomic E-state index is 12.3. The van der Waals surface area contributed by atoms with Crippen molar-refractivity contribution >= 4 is 12.4 Å². The molecule has 1 amide bonds. The highest BCUT2D eigenvalue weighted by molar-refractivity contribution is 5.78. The Bertz CT molecular complexity index is 415. The minimum atomic E-state index is -0.718. The Labute approximate surface area is 158 Å². The molecule has 5 atom stereocenters. The van der Waals surface area contributed by atoms with Crippen molar-refractivity contribution in [2.24, 2.45) is 11.8 Å². The third kappa shape index (κ3) is 8.49. The first-order valence-electron chi connectivity index (χ1n) is 10.1. The number of ether oxygens (including phenoxy) is 2. The largest absolute Gasteiger partial charge is 0.461 e. The Morgan fingerprint density at radius 3 is 2.65 bits per heavy atom. The summed E-state index contributed by atoms with van der Waals surface area (Å²) in [7, 11) is 0. The number of unbranched alkanes of at least 4 members (excludes halogenated alkanes) is 3. The van der Waals surface area contributed by atoms with Crippen LogP contribution in [0, 0.1) is 11.8 Å². The van der Waals surface area contributed by atoms with Crippen molar-refractivity contribution in [1.29, 1.82) is 0 Å². The van der Waals surface area contributed by atoms with Crippen molar-refractivity contribution in [2.75, 3.05) is 0 Å². The van der Waals surface area contributed by atoms with Crippen LogP contribution in [0.2, 0.25) is 0 Å². The second-order valence-electron chi connectivity index (χ2n) is 7.92. The molecule has 0 aromatic heterocycles. The summed E-state index contributed by atoms with van der Waals surface area (Å²) in [5, 5.41) is 12.4. The number of aliphatic hydroxyl groups is 1. The maximum Gasteiger partial charge on any atom is 0.328 e. The minimum Gasteiger partial charge on any atom is -0.461 e. The zero-order chi connectivity index (χ0) is 19.5. The molecule has 1 aliphatic heterocycles. The summed E-state index contributed by atoms with van der Waals surface area (Å²) in [4.78, 5) is 23.0. The van der Waals surface area contributed by atoms with Gasteiger partial charge >= 0.3 is 5.97 Å². The molecule has 1 heterocycles. The van der Waals surface area contributed by atoms with Gasteiger partial charge in [-0.25, -0.2) is 4.79 Å². The summed E-state index contributed by atoms with van der Waals surface area (Å²) in [6, 6.07) is -0.616. The molecule has 2 N–H and O–H groups in total. The molecule has 0 aromatic rings. The van der Waals surface area contributed by atoms with Crippen molar-refractivity contribution in [2.45, 2.75) is 104 Å². The van der Waals surface area contributed by atoms with E-state index in [4.69, 9.17) is 9.47 Å². The quantitative estimate of drug-likeness (QED) is 0.295. The van der Waals surface area contributed by atoms with Gasteiger partial charge in [0.05, 0.1) is 6.10 Å². The molecule has 0 bridgehead atoms. The van der Waals surface area contributed by atoms with Crippen LogP contribution >= 0.6 is 0 Å². The van der Waals surface area contributed by atoms with Crippen LogP contribution in [0.1, 0.15) is 79.1 Å². The summed E-state index contributed by atoms with van der Waals surface area (Å²) in [6.07, 6.45) is 6.99. The fourth-order valence-corrected chi connectivity index (χ4v) is 3.61. The number of carbonyl (C=O) groups excluding carboxylic acids is 2.